The van der Waals surface area contributed by atoms with Crippen LogP contribution in [0.1, 0.15) is 24.1 Å². The van der Waals surface area contributed by atoms with Crippen molar-refractivity contribution in [2.75, 3.05) is 34.0 Å². The molecule has 3 rings (SSSR count). The molecule has 2 aromatic rings. The highest BCUT2D eigenvalue weighted by Crippen LogP contribution is 2.42. The summed E-state index contributed by atoms with van der Waals surface area (Å²) in [6.07, 6.45) is 0. The van der Waals surface area contributed by atoms with Gasteiger partial charge in [0.15, 0.2) is 11.5 Å². The summed E-state index contributed by atoms with van der Waals surface area (Å²) in [6, 6.07) is 10.8. The molecule has 8 heteroatoms. The van der Waals surface area contributed by atoms with Crippen molar-refractivity contribution in [3.8, 4) is 11.5 Å². The lowest BCUT2D eigenvalue weighted by atomic mass is 9.95. The van der Waals surface area contributed by atoms with Crippen molar-refractivity contribution in [3.63, 3.8) is 0 Å². The molecule has 1 aliphatic rings. The first-order valence-corrected chi connectivity index (χ1v) is 10.1. The summed E-state index contributed by atoms with van der Waals surface area (Å²) in [5, 5.41) is 11.4. The van der Waals surface area contributed by atoms with E-state index in [1.807, 2.05) is 6.92 Å². The summed E-state index contributed by atoms with van der Waals surface area (Å²) in [4.78, 5) is 27.2. The van der Waals surface area contributed by atoms with Crippen LogP contribution < -0.4 is 9.47 Å². The first-order valence-electron chi connectivity index (χ1n) is 9.76. The van der Waals surface area contributed by atoms with Gasteiger partial charge >= 0.3 is 0 Å². The fourth-order valence-electron chi connectivity index (χ4n) is 3.57. The highest BCUT2D eigenvalue weighted by molar-refractivity contribution is 6.46. The second kappa shape index (κ2) is 9.85. The number of Topliss-reactive ketones (excluding diaryl/α,β-unsaturated/α-hetero) is 1. The van der Waals surface area contributed by atoms with Gasteiger partial charge in [0.1, 0.15) is 5.76 Å². The van der Waals surface area contributed by atoms with Crippen LogP contribution in [-0.4, -0.2) is 55.7 Å². The SMILES string of the molecule is CCOc1ccc(C2/C(=C(/O)c3cccc(Cl)c3)C(=O)C(=O)N2CCOC)cc1OC. The van der Waals surface area contributed by atoms with Gasteiger partial charge in [-0.2, -0.15) is 0 Å². The summed E-state index contributed by atoms with van der Waals surface area (Å²) in [7, 11) is 3.02. The van der Waals surface area contributed by atoms with Gasteiger partial charge in [0.25, 0.3) is 11.7 Å². The van der Waals surface area contributed by atoms with Crippen molar-refractivity contribution in [2.24, 2.45) is 0 Å². The van der Waals surface area contributed by atoms with E-state index in [1.54, 1.807) is 36.4 Å². The van der Waals surface area contributed by atoms with Crippen LogP contribution in [0, 0.1) is 0 Å². The number of ketones is 1. The number of aliphatic hydroxyl groups excluding tert-OH is 1. The largest absolute Gasteiger partial charge is 0.507 e. The van der Waals surface area contributed by atoms with E-state index >= 15 is 0 Å². The minimum absolute atomic E-state index is 0.0189. The summed E-state index contributed by atoms with van der Waals surface area (Å²) in [6.45, 7) is 2.72. The molecule has 7 nitrogen and oxygen atoms in total. The Morgan fingerprint density at radius 2 is 1.90 bits per heavy atom. The number of ether oxygens (including phenoxy) is 3. The zero-order valence-electron chi connectivity index (χ0n) is 17.6. The number of nitrogens with zero attached hydrogens (tertiary/aromatic N) is 1. The summed E-state index contributed by atoms with van der Waals surface area (Å²) < 4.78 is 16.1. The van der Waals surface area contributed by atoms with Gasteiger partial charge in [-0.3, -0.25) is 9.59 Å². The Morgan fingerprint density at radius 1 is 1.13 bits per heavy atom. The molecule has 1 heterocycles. The average molecular weight is 446 g/mol. The van der Waals surface area contributed by atoms with Gasteiger partial charge in [-0.05, 0) is 36.8 Å². The summed E-state index contributed by atoms with van der Waals surface area (Å²) in [5.74, 6) is -0.777. The van der Waals surface area contributed by atoms with Gasteiger partial charge in [0.2, 0.25) is 0 Å². The molecule has 0 radical (unpaired) electrons. The number of methoxy groups -OCH3 is 2. The van der Waals surface area contributed by atoms with Gasteiger partial charge in [-0.25, -0.2) is 0 Å². The standard InChI is InChI=1S/C23H24ClNO6/c1-4-31-17-9-8-14(13-18(17)30-3)20-19(21(26)15-6-5-7-16(24)12-15)22(27)23(28)25(20)10-11-29-2/h5-9,12-13,20,26H,4,10-11H2,1-3H3/b21-19-. The molecule has 2 aromatic carbocycles. The first-order chi connectivity index (χ1) is 14.9. The summed E-state index contributed by atoms with van der Waals surface area (Å²) in [5.41, 5.74) is 0.925. The molecule has 0 aliphatic carbocycles. The Bertz CT molecular complexity index is 1020. The van der Waals surface area contributed by atoms with Crippen molar-refractivity contribution >= 4 is 29.1 Å². The average Bonchev–Trinajstić information content (AvgIpc) is 3.02. The van der Waals surface area contributed by atoms with Crippen LogP contribution in [0.5, 0.6) is 11.5 Å². The Morgan fingerprint density at radius 3 is 2.55 bits per heavy atom. The van der Waals surface area contributed by atoms with E-state index in [2.05, 4.69) is 0 Å². The van der Waals surface area contributed by atoms with E-state index in [0.29, 0.717) is 34.3 Å². The molecule has 164 valence electrons. The lowest BCUT2D eigenvalue weighted by Gasteiger charge is -2.25. The molecule has 1 aliphatic heterocycles. The molecule has 1 amide bonds. The van der Waals surface area contributed by atoms with Crippen LogP contribution in [0.4, 0.5) is 0 Å². The van der Waals surface area contributed by atoms with Crippen LogP contribution in [0.25, 0.3) is 5.76 Å². The predicted octanol–water partition coefficient (Wildman–Crippen LogP) is 3.82. The van der Waals surface area contributed by atoms with Crippen LogP contribution in [0.15, 0.2) is 48.0 Å². The Kier molecular flexibility index (Phi) is 7.20. The second-order valence-corrected chi connectivity index (χ2v) is 7.28. The van der Waals surface area contributed by atoms with Crippen molar-refractivity contribution in [1.82, 2.24) is 4.90 Å². The quantitative estimate of drug-likeness (QED) is 0.378. The van der Waals surface area contributed by atoms with E-state index in [9.17, 15) is 14.7 Å². The summed E-state index contributed by atoms with van der Waals surface area (Å²) >= 11 is 6.05. The minimum Gasteiger partial charge on any atom is -0.507 e. The number of hydrogen-bond donors (Lipinski definition) is 1. The van der Waals surface area contributed by atoms with Gasteiger partial charge in [-0.1, -0.05) is 29.8 Å². The maximum atomic E-state index is 12.9. The fourth-order valence-corrected chi connectivity index (χ4v) is 3.76. The Labute approximate surface area is 185 Å². The number of carbonyl (C=O) groups excluding carboxylic acids is 2. The maximum Gasteiger partial charge on any atom is 0.295 e. The molecule has 1 saturated heterocycles. The lowest BCUT2D eigenvalue weighted by Crippen LogP contribution is -2.32. The topological polar surface area (TPSA) is 85.3 Å². The molecule has 1 unspecified atom stereocenters. The van der Waals surface area contributed by atoms with Crippen LogP contribution in [-0.2, 0) is 14.3 Å². The van der Waals surface area contributed by atoms with Crippen molar-refractivity contribution < 1.29 is 28.9 Å². The number of aliphatic hydroxyl groups is 1. The molecule has 0 saturated carbocycles. The zero-order chi connectivity index (χ0) is 22.5. The zero-order valence-corrected chi connectivity index (χ0v) is 18.3. The van der Waals surface area contributed by atoms with Crippen molar-refractivity contribution in [3.05, 3.63) is 64.2 Å². The van der Waals surface area contributed by atoms with E-state index < -0.39 is 17.7 Å². The minimum atomic E-state index is -0.821. The molecule has 1 N–H and O–H groups in total. The molecule has 0 bridgehead atoms. The number of amides is 1. The Hall–Kier alpha value is -3.03. The molecule has 1 fully saturated rings. The number of benzene rings is 2. The monoisotopic (exact) mass is 445 g/mol. The molecule has 0 spiro atoms. The first kappa shape index (κ1) is 22.7. The molecule has 0 aromatic heterocycles. The highest BCUT2D eigenvalue weighted by Gasteiger charge is 2.46. The number of rotatable bonds is 8. The van der Waals surface area contributed by atoms with Gasteiger partial charge in [-0.15, -0.1) is 0 Å². The number of carbonyl (C=O) groups is 2. The van der Waals surface area contributed by atoms with Crippen LogP contribution in [0.2, 0.25) is 5.02 Å². The lowest BCUT2D eigenvalue weighted by molar-refractivity contribution is -0.140. The van der Waals surface area contributed by atoms with Crippen LogP contribution in [0.3, 0.4) is 0 Å². The predicted molar refractivity (Wildman–Crippen MR) is 117 cm³/mol. The van der Waals surface area contributed by atoms with Gasteiger partial charge < -0.3 is 24.2 Å². The smallest absolute Gasteiger partial charge is 0.295 e. The van der Waals surface area contributed by atoms with E-state index in [4.69, 9.17) is 25.8 Å². The molecular weight excluding hydrogens is 422 g/mol. The molecular formula is C23H24ClNO6. The number of hydrogen-bond acceptors (Lipinski definition) is 6. The second-order valence-electron chi connectivity index (χ2n) is 6.84. The normalized spacial score (nSPS) is 17.8. The molecule has 1 atom stereocenters. The Balaban J connectivity index is 2.18. The van der Waals surface area contributed by atoms with E-state index in [0.717, 1.165) is 0 Å². The third-order valence-corrected chi connectivity index (χ3v) is 5.21. The third-order valence-electron chi connectivity index (χ3n) is 4.98. The van der Waals surface area contributed by atoms with E-state index in [-0.39, 0.29) is 24.5 Å². The molecule has 31 heavy (non-hydrogen) atoms. The van der Waals surface area contributed by atoms with Gasteiger partial charge in [0, 0.05) is 24.2 Å². The number of halogens is 1. The van der Waals surface area contributed by atoms with Gasteiger partial charge in [0.05, 0.1) is 31.9 Å². The number of likely N-dealkylation sites (tertiary alicyclic amines) is 1. The van der Waals surface area contributed by atoms with Crippen LogP contribution >= 0.6 is 11.6 Å². The van der Waals surface area contributed by atoms with Crippen molar-refractivity contribution in [2.45, 2.75) is 13.0 Å². The third kappa shape index (κ3) is 4.52. The maximum absolute atomic E-state index is 12.9. The van der Waals surface area contributed by atoms with E-state index in [1.165, 1.54) is 25.2 Å². The van der Waals surface area contributed by atoms with Crippen molar-refractivity contribution in [1.29, 1.82) is 0 Å². The highest BCUT2D eigenvalue weighted by atomic mass is 35.5. The fraction of sp³-hybridized carbons (Fsp3) is 0.304.